The molecule has 36 heavy (non-hydrogen) atoms. The average molecular weight is 518 g/mol. The van der Waals surface area contributed by atoms with Gasteiger partial charge < -0.3 is 19.5 Å². The molecule has 1 atom stereocenters. The highest BCUT2D eigenvalue weighted by Crippen LogP contribution is 2.31. The van der Waals surface area contributed by atoms with E-state index in [1.807, 2.05) is 31.2 Å². The summed E-state index contributed by atoms with van der Waals surface area (Å²) in [5, 5.41) is 10.1. The smallest absolute Gasteiger partial charge is 0.326 e. The zero-order valence-electron chi connectivity index (χ0n) is 20.8. The number of benzene rings is 2. The summed E-state index contributed by atoms with van der Waals surface area (Å²) >= 11 is 6.02. The van der Waals surface area contributed by atoms with Crippen molar-refractivity contribution in [3.8, 4) is 11.5 Å². The Labute approximate surface area is 216 Å². The highest BCUT2D eigenvalue weighted by Gasteiger charge is 2.29. The maximum atomic E-state index is 12.2. The summed E-state index contributed by atoms with van der Waals surface area (Å²) in [6.07, 6.45) is 0.254. The van der Waals surface area contributed by atoms with E-state index in [4.69, 9.17) is 21.1 Å². The molecule has 1 N–H and O–H groups in total. The lowest BCUT2D eigenvalue weighted by Gasteiger charge is -2.31. The summed E-state index contributed by atoms with van der Waals surface area (Å²) < 4.78 is 11.4. The molecule has 1 unspecified atom stereocenters. The van der Waals surface area contributed by atoms with Gasteiger partial charge in [0.2, 0.25) is 5.91 Å². The first-order valence-electron chi connectivity index (χ1n) is 11.8. The van der Waals surface area contributed by atoms with E-state index in [0.717, 1.165) is 11.1 Å². The van der Waals surface area contributed by atoms with Gasteiger partial charge in [-0.1, -0.05) is 36.7 Å². The number of carbonyl (C=O) groups is 3. The number of halogens is 1. The van der Waals surface area contributed by atoms with Crippen LogP contribution in [0.3, 0.4) is 0 Å². The lowest BCUT2D eigenvalue weighted by Crippen LogP contribution is -2.51. The molecule has 1 heterocycles. The van der Waals surface area contributed by atoms with Gasteiger partial charge in [0.05, 0.1) is 20.1 Å². The van der Waals surface area contributed by atoms with Crippen LogP contribution in [0.25, 0.3) is 0 Å². The fourth-order valence-corrected chi connectivity index (χ4v) is 4.31. The van der Waals surface area contributed by atoms with Gasteiger partial charge in [-0.3, -0.25) is 19.4 Å². The van der Waals surface area contributed by atoms with Gasteiger partial charge in [-0.2, -0.15) is 0 Å². The molecule has 0 aromatic heterocycles. The van der Waals surface area contributed by atoms with E-state index in [1.165, 1.54) is 16.9 Å². The van der Waals surface area contributed by atoms with E-state index >= 15 is 0 Å². The highest BCUT2D eigenvalue weighted by atomic mass is 35.5. The zero-order chi connectivity index (χ0) is 26.2. The Morgan fingerprint density at radius 1 is 1.17 bits per heavy atom. The van der Waals surface area contributed by atoms with Crippen LogP contribution in [-0.2, 0) is 16.1 Å². The van der Waals surface area contributed by atoms with Crippen LogP contribution in [-0.4, -0.2) is 78.1 Å². The van der Waals surface area contributed by atoms with Gasteiger partial charge >= 0.3 is 12.0 Å². The number of rotatable bonds is 12. The normalized spacial score (nSPS) is 14.8. The van der Waals surface area contributed by atoms with E-state index in [0.29, 0.717) is 42.6 Å². The zero-order valence-corrected chi connectivity index (χ0v) is 21.5. The van der Waals surface area contributed by atoms with Gasteiger partial charge in [-0.25, -0.2) is 4.79 Å². The third-order valence-electron chi connectivity index (χ3n) is 6.18. The van der Waals surface area contributed by atoms with Crippen LogP contribution in [0.1, 0.15) is 36.9 Å². The van der Waals surface area contributed by atoms with Gasteiger partial charge in [0.25, 0.3) is 0 Å². The average Bonchev–Trinajstić information content (AvgIpc) is 2.86. The van der Waals surface area contributed by atoms with Crippen LogP contribution >= 0.6 is 11.6 Å². The number of carbonyl (C=O) groups excluding carboxylic acids is 2. The summed E-state index contributed by atoms with van der Waals surface area (Å²) in [6, 6.07) is 12.1. The number of urea groups is 1. The topological polar surface area (TPSA) is 99.6 Å². The molecule has 9 nitrogen and oxygen atoms in total. The van der Waals surface area contributed by atoms with Crippen molar-refractivity contribution < 1.29 is 29.0 Å². The van der Waals surface area contributed by atoms with Crippen LogP contribution in [0.2, 0.25) is 5.02 Å². The number of hydrogen-bond acceptors (Lipinski definition) is 6. The Morgan fingerprint density at radius 2 is 1.89 bits per heavy atom. The first-order valence-corrected chi connectivity index (χ1v) is 12.2. The molecule has 1 aliphatic rings. The number of imide groups is 1. The summed E-state index contributed by atoms with van der Waals surface area (Å²) in [6.45, 7) is 3.82. The van der Waals surface area contributed by atoms with Crippen molar-refractivity contribution in [2.45, 2.75) is 32.4 Å². The summed E-state index contributed by atoms with van der Waals surface area (Å²) in [7, 11) is 3.20. The van der Waals surface area contributed by atoms with Crippen molar-refractivity contribution in [3.05, 3.63) is 58.6 Å². The molecule has 2 aromatic carbocycles. The van der Waals surface area contributed by atoms with Gasteiger partial charge in [0, 0.05) is 37.6 Å². The minimum atomic E-state index is -0.883. The molecule has 1 aliphatic heterocycles. The van der Waals surface area contributed by atoms with Gasteiger partial charge in [0.15, 0.2) is 11.5 Å². The maximum absolute atomic E-state index is 12.2. The molecule has 0 radical (unpaired) electrons. The standard InChI is InChI=1S/C26H32ClN3O6/c1-4-29(21(16-25(32)33)19-6-8-20(27)9-7-19)17-18-5-10-22(23(15-18)35-3)36-14-13-30-24(31)11-12-28(2)26(30)34/h5-10,15,21H,4,11-14,16-17H2,1-3H3,(H,32,33). The van der Waals surface area contributed by atoms with Crippen molar-refractivity contribution >= 4 is 29.5 Å². The second-order valence-electron chi connectivity index (χ2n) is 8.56. The van der Waals surface area contributed by atoms with Crippen molar-refractivity contribution in [2.75, 3.05) is 40.4 Å². The van der Waals surface area contributed by atoms with Crippen LogP contribution in [0.5, 0.6) is 11.5 Å². The van der Waals surface area contributed by atoms with E-state index < -0.39 is 5.97 Å². The summed E-state index contributed by atoms with van der Waals surface area (Å²) in [5.74, 6) is -0.0838. The molecule has 0 spiro atoms. The van der Waals surface area contributed by atoms with E-state index in [1.54, 1.807) is 25.2 Å². The van der Waals surface area contributed by atoms with Crippen LogP contribution in [0.15, 0.2) is 42.5 Å². The van der Waals surface area contributed by atoms with E-state index in [9.17, 15) is 19.5 Å². The molecule has 0 aliphatic carbocycles. The summed E-state index contributed by atoms with van der Waals surface area (Å²) in [5.41, 5.74) is 1.80. The molecule has 1 saturated heterocycles. The number of amides is 3. The Balaban J connectivity index is 1.70. The molecule has 10 heteroatoms. The Morgan fingerprint density at radius 3 is 2.53 bits per heavy atom. The minimum absolute atomic E-state index is 0.0447. The molecule has 3 amide bonds. The molecule has 2 aromatic rings. The lowest BCUT2D eigenvalue weighted by atomic mass is 10.0. The highest BCUT2D eigenvalue weighted by molar-refractivity contribution is 6.30. The fourth-order valence-electron chi connectivity index (χ4n) is 4.19. The monoisotopic (exact) mass is 517 g/mol. The van der Waals surface area contributed by atoms with Crippen LogP contribution in [0, 0.1) is 0 Å². The second kappa shape index (κ2) is 12.6. The number of carboxylic acids is 1. The Bertz CT molecular complexity index is 1080. The predicted octanol–water partition coefficient (Wildman–Crippen LogP) is 4.05. The van der Waals surface area contributed by atoms with Crippen molar-refractivity contribution in [1.29, 1.82) is 0 Å². The predicted molar refractivity (Wildman–Crippen MR) is 135 cm³/mol. The third-order valence-corrected chi connectivity index (χ3v) is 6.43. The third kappa shape index (κ3) is 6.89. The van der Waals surface area contributed by atoms with Crippen molar-refractivity contribution in [1.82, 2.24) is 14.7 Å². The van der Waals surface area contributed by atoms with E-state index in [-0.39, 0.29) is 37.6 Å². The van der Waals surface area contributed by atoms with Gasteiger partial charge in [-0.05, 0) is 41.9 Å². The van der Waals surface area contributed by atoms with Gasteiger partial charge in [0.1, 0.15) is 6.61 Å². The number of hydrogen-bond donors (Lipinski definition) is 1. The SMILES string of the molecule is CCN(Cc1ccc(OCCN2C(=O)CCN(C)C2=O)c(OC)c1)C(CC(=O)O)c1ccc(Cl)cc1. The van der Waals surface area contributed by atoms with Gasteiger partial charge in [-0.15, -0.1) is 0 Å². The largest absolute Gasteiger partial charge is 0.493 e. The van der Waals surface area contributed by atoms with Crippen molar-refractivity contribution in [3.63, 3.8) is 0 Å². The van der Waals surface area contributed by atoms with Crippen LogP contribution < -0.4 is 9.47 Å². The quantitative estimate of drug-likeness (QED) is 0.453. The number of aliphatic carboxylic acids is 1. The van der Waals surface area contributed by atoms with Crippen LogP contribution in [0.4, 0.5) is 4.79 Å². The number of methoxy groups -OCH3 is 1. The fraction of sp³-hybridized carbons (Fsp3) is 0.423. The van der Waals surface area contributed by atoms with E-state index in [2.05, 4.69) is 4.90 Å². The Kier molecular flexibility index (Phi) is 9.55. The first kappa shape index (κ1) is 27.3. The number of carboxylic acid groups (broad SMARTS) is 1. The van der Waals surface area contributed by atoms with Crippen molar-refractivity contribution in [2.24, 2.45) is 0 Å². The first-order chi connectivity index (χ1) is 17.2. The minimum Gasteiger partial charge on any atom is -0.493 e. The molecule has 1 fully saturated rings. The Hall–Kier alpha value is -3.30. The number of ether oxygens (including phenoxy) is 2. The molecular weight excluding hydrogens is 486 g/mol. The molecule has 194 valence electrons. The second-order valence-corrected chi connectivity index (χ2v) is 9.00. The molecular formula is C26H32ClN3O6. The molecule has 0 bridgehead atoms. The lowest BCUT2D eigenvalue weighted by molar-refractivity contribution is -0.138. The maximum Gasteiger partial charge on any atom is 0.326 e. The molecule has 3 rings (SSSR count). The number of nitrogens with zero attached hydrogens (tertiary/aromatic N) is 3. The molecule has 0 saturated carbocycles. The summed E-state index contributed by atoms with van der Waals surface area (Å²) in [4.78, 5) is 40.7.